The predicted molar refractivity (Wildman–Crippen MR) is 88.3 cm³/mol. The Labute approximate surface area is 123 Å². The first kappa shape index (κ1) is 14.9. The minimum atomic E-state index is 0.302. The number of carbonyl (C=O) groups is 1. The molecule has 0 aliphatic heterocycles. The highest BCUT2D eigenvalue weighted by Crippen LogP contribution is 2.26. The Hall–Kier alpha value is -1.46. The van der Waals surface area contributed by atoms with Crippen LogP contribution in [0.25, 0.3) is 0 Å². The Kier molecular flexibility index (Phi) is 5.09. The molecule has 2 rings (SSSR count). The van der Waals surface area contributed by atoms with Crippen LogP contribution in [0, 0.1) is 20.8 Å². The van der Waals surface area contributed by atoms with Gasteiger partial charge in [-0.25, -0.2) is 0 Å². The Balaban J connectivity index is 1.99. The Morgan fingerprint density at radius 2 is 1.60 bits per heavy atom. The molecular formula is C18H21OP. The predicted octanol–water partition coefficient (Wildman–Crippen LogP) is 4.67. The number of hydrogen-bond acceptors (Lipinski definition) is 1. The molecule has 2 aromatic carbocycles. The first-order valence-corrected chi connectivity index (χ1v) is 8.18. The summed E-state index contributed by atoms with van der Waals surface area (Å²) in [6.07, 6.45) is 1.92. The lowest BCUT2D eigenvalue weighted by Crippen LogP contribution is -2.01. The van der Waals surface area contributed by atoms with Crippen LogP contribution in [0.5, 0.6) is 0 Å². The van der Waals surface area contributed by atoms with Gasteiger partial charge < -0.3 is 0 Å². The third-order valence-corrected chi connectivity index (χ3v) is 4.52. The quantitative estimate of drug-likeness (QED) is 0.729. The fraction of sp³-hybridized carbons (Fsp3) is 0.278. The molecule has 0 radical (unpaired) electrons. The number of hydrogen-bond donors (Lipinski definition) is 0. The SMILES string of the molecule is Cc1cc(C)c(C(=O)PCCc2ccccc2)c(C)c1. The summed E-state index contributed by atoms with van der Waals surface area (Å²) in [6, 6.07) is 14.6. The summed E-state index contributed by atoms with van der Waals surface area (Å²) in [7, 11) is 0.360. The van der Waals surface area contributed by atoms with Gasteiger partial charge in [0.2, 0.25) is 0 Å². The van der Waals surface area contributed by atoms with E-state index in [0.29, 0.717) is 14.1 Å². The minimum Gasteiger partial charge on any atom is -0.289 e. The maximum Gasteiger partial charge on any atom is 0.181 e. The van der Waals surface area contributed by atoms with Crippen molar-refractivity contribution < 1.29 is 4.79 Å². The molecule has 0 spiro atoms. The van der Waals surface area contributed by atoms with Crippen molar-refractivity contribution in [2.75, 3.05) is 6.16 Å². The molecule has 0 saturated heterocycles. The van der Waals surface area contributed by atoms with Gasteiger partial charge >= 0.3 is 0 Å². The first-order chi connectivity index (χ1) is 9.58. The summed E-state index contributed by atoms with van der Waals surface area (Å²) in [4.78, 5) is 12.4. The molecule has 20 heavy (non-hydrogen) atoms. The molecule has 1 nitrogen and oxygen atoms in total. The van der Waals surface area contributed by atoms with Gasteiger partial charge in [0.05, 0.1) is 0 Å². The van der Waals surface area contributed by atoms with E-state index in [4.69, 9.17) is 0 Å². The minimum absolute atomic E-state index is 0.302. The van der Waals surface area contributed by atoms with Crippen molar-refractivity contribution in [1.29, 1.82) is 0 Å². The Bertz CT molecular complexity index is 579. The molecule has 0 amide bonds. The van der Waals surface area contributed by atoms with E-state index in [-0.39, 0.29) is 0 Å². The summed E-state index contributed by atoms with van der Waals surface area (Å²) in [6.45, 7) is 6.15. The van der Waals surface area contributed by atoms with E-state index in [1.165, 1.54) is 11.1 Å². The number of aryl methyl sites for hydroxylation is 4. The Morgan fingerprint density at radius 3 is 2.20 bits per heavy atom. The summed E-state index contributed by atoms with van der Waals surface area (Å²) >= 11 is 0. The van der Waals surface area contributed by atoms with Crippen LogP contribution in [0.4, 0.5) is 0 Å². The van der Waals surface area contributed by atoms with Crippen molar-refractivity contribution in [3.8, 4) is 0 Å². The summed E-state index contributed by atoms with van der Waals surface area (Å²) < 4.78 is 0. The van der Waals surface area contributed by atoms with Crippen LogP contribution in [0.2, 0.25) is 0 Å². The maximum atomic E-state index is 12.4. The van der Waals surface area contributed by atoms with Crippen molar-refractivity contribution in [3.63, 3.8) is 0 Å². The smallest absolute Gasteiger partial charge is 0.181 e. The van der Waals surface area contributed by atoms with Gasteiger partial charge in [0.15, 0.2) is 5.52 Å². The molecule has 0 fully saturated rings. The third-order valence-electron chi connectivity index (χ3n) is 3.45. The first-order valence-electron chi connectivity index (χ1n) is 6.98. The molecule has 2 heteroatoms. The standard InChI is InChI=1S/C18H21OP/c1-13-11-14(2)17(15(3)12-13)18(19)20-10-9-16-7-5-4-6-8-16/h4-8,11-12,20H,9-10H2,1-3H3. The van der Waals surface area contributed by atoms with Crippen LogP contribution in [0.15, 0.2) is 42.5 Å². The monoisotopic (exact) mass is 284 g/mol. The fourth-order valence-corrected chi connectivity index (χ4v) is 3.80. The summed E-state index contributed by atoms with van der Waals surface area (Å²) in [5, 5.41) is 0. The molecule has 0 saturated carbocycles. The second-order valence-electron chi connectivity index (χ2n) is 5.27. The van der Waals surface area contributed by atoms with E-state index in [1.54, 1.807) is 0 Å². The van der Waals surface area contributed by atoms with E-state index >= 15 is 0 Å². The molecular weight excluding hydrogens is 263 g/mol. The average molecular weight is 284 g/mol. The van der Waals surface area contributed by atoms with Crippen LogP contribution in [0.3, 0.4) is 0 Å². The fourth-order valence-electron chi connectivity index (χ4n) is 2.59. The zero-order valence-electron chi connectivity index (χ0n) is 12.4. The molecule has 1 atom stereocenters. The van der Waals surface area contributed by atoms with Gasteiger partial charge in [0.1, 0.15) is 0 Å². The molecule has 104 valence electrons. The number of benzene rings is 2. The lowest BCUT2D eigenvalue weighted by molar-refractivity contribution is 0.108. The highest BCUT2D eigenvalue weighted by molar-refractivity contribution is 7.58. The lowest BCUT2D eigenvalue weighted by atomic mass is 10.0. The van der Waals surface area contributed by atoms with Crippen LogP contribution < -0.4 is 0 Å². The average Bonchev–Trinajstić information content (AvgIpc) is 2.38. The van der Waals surface area contributed by atoms with E-state index in [0.717, 1.165) is 29.3 Å². The van der Waals surface area contributed by atoms with Crippen LogP contribution in [-0.4, -0.2) is 11.7 Å². The van der Waals surface area contributed by atoms with Crippen LogP contribution in [0.1, 0.15) is 32.6 Å². The lowest BCUT2D eigenvalue weighted by Gasteiger charge is -2.10. The van der Waals surface area contributed by atoms with Gasteiger partial charge in [0, 0.05) is 5.56 Å². The Morgan fingerprint density at radius 1 is 1.00 bits per heavy atom. The largest absolute Gasteiger partial charge is 0.289 e. The van der Waals surface area contributed by atoms with Crippen molar-refractivity contribution in [3.05, 3.63) is 70.3 Å². The number of carbonyl (C=O) groups excluding carboxylic acids is 1. The second-order valence-corrected chi connectivity index (χ2v) is 6.57. The molecule has 0 aliphatic carbocycles. The summed E-state index contributed by atoms with van der Waals surface area (Å²) in [5.41, 5.74) is 5.99. The molecule has 0 heterocycles. The van der Waals surface area contributed by atoms with E-state index < -0.39 is 0 Å². The van der Waals surface area contributed by atoms with E-state index in [9.17, 15) is 4.79 Å². The highest BCUT2D eigenvalue weighted by Gasteiger charge is 2.12. The number of rotatable bonds is 5. The molecule has 0 aliphatic rings. The van der Waals surface area contributed by atoms with Crippen LogP contribution >= 0.6 is 8.58 Å². The second kappa shape index (κ2) is 6.81. The third kappa shape index (κ3) is 3.77. The molecule has 1 unspecified atom stereocenters. The van der Waals surface area contributed by atoms with Crippen molar-refractivity contribution in [2.24, 2.45) is 0 Å². The maximum absolute atomic E-state index is 12.4. The van der Waals surface area contributed by atoms with E-state index in [1.807, 2.05) is 19.9 Å². The highest BCUT2D eigenvalue weighted by atomic mass is 31.1. The summed E-state index contributed by atoms with van der Waals surface area (Å²) in [5.74, 6) is 0. The zero-order chi connectivity index (χ0) is 14.5. The topological polar surface area (TPSA) is 17.1 Å². The molecule has 0 bridgehead atoms. The van der Waals surface area contributed by atoms with Crippen molar-refractivity contribution in [2.45, 2.75) is 27.2 Å². The molecule has 0 N–H and O–H groups in total. The van der Waals surface area contributed by atoms with Gasteiger partial charge in [-0.05, 0) is 58.6 Å². The van der Waals surface area contributed by atoms with E-state index in [2.05, 4.69) is 43.3 Å². The van der Waals surface area contributed by atoms with Gasteiger partial charge in [0.25, 0.3) is 0 Å². The van der Waals surface area contributed by atoms with Gasteiger partial charge in [-0.1, -0.05) is 48.0 Å². The van der Waals surface area contributed by atoms with Crippen molar-refractivity contribution in [1.82, 2.24) is 0 Å². The van der Waals surface area contributed by atoms with Gasteiger partial charge in [-0.15, -0.1) is 0 Å². The zero-order valence-corrected chi connectivity index (χ0v) is 13.4. The molecule has 2 aromatic rings. The normalized spacial score (nSPS) is 11.2. The van der Waals surface area contributed by atoms with Gasteiger partial charge in [-0.2, -0.15) is 0 Å². The van der Waals surface area contributed by atoms with Crippen molar-refractivity contribution >= 4 is 14.1 Å². The molecule has 0 aromatic heterocycles. The van der Waals surface area contributed by atoms with Gasteiger partial charge in [-0.3, -0.25) is 4.79 Å². The van der Waals surface area contributed by atoms with Crippen LogP contribution in [-0.2, 0) is 6.42 Å².